The lowest BCUT2D eigenvalue weighted by Gasteiger charge is -2.32. The summed E-state index contributed by atoms with van der Waals surface area (Å²) in [5, 5.41) is 4.98. The van der Waals surface area contributed by atoms with Gasteiger partial charge in [-0.2, -0.15) is 4.31 Å². The largest absolute Gasteiger partial charge is 0.353 e. The second-order valence-corrected chi connectivity index (χ2v) is 10.3. The Morgan fingerprint density at radius 1 is 1.08 bits per heavy atom. The minimum atomic E-state index is -3.46. The lowest BCUT2D eigenvalue weighted by molar-refractivity contribution is -0.126. The normalized spacial score (nSPS) is 24.4. The van der Waals surface area contributed by atoms with Gasteiger partial charge in [-0.25, -0.2) is 8.42 Å². The molecule has 1 saturated carbocycles. The Kier molecular flexibility index (Phi) is 6.52. The zero-order valence-electron chi connectivity index (χ0n) is 14.7. The molecule has 1 saturated heterocycles. The van der Waals surface area contributed by atoms with Crippen LogP contribution in [0.3, 0.4) is 0 Å². The molecule has 2 heterocycles. The zero-order chi connectivity index (χ0) is 17.7. The van der Waals surface area contributed by atoms with Gasteiger partial charge in [0.1, 0.15) is 4.21 Å². The number of rotatable bonds is 4. The van der Waals surface area contributed by atoms with E-state index in [4.69, 9.17) is 0 Å². The molecule has 7 heteroatoms. The maximum Gasteiger partial charge on any atom is 0.252 e. The van der Waals surface area contributed by atoms with E-state index in [9.17, 15) is 13.2 Å². The van der Waals surface area contributed by atoms with Crippen molar-refractivity contribution < 1.29 is 13.2 Å². The molecule has 1 aromatic heterocycles. The Morgan fingerprint density at radius 3 is 2.48 bits per heavy atom. The summed E-state index contributed by atoms with van der Waals surface area (Å²) in [5.41, 5.74) is 0. The number of hydrogen-bond donors (Lipinski definition) is 1. The van der Waals surface area contributed by atoms with E-state index in [1.54, 1.807) is 17.5 Å². The van der Waals surface area contributed by atoms with E-state index in [-0.39, 0.29) is 17.9 Å². The van der Waals surface area contributed by atoms with Crippen LogP contribution in [0.15, 0.2) is 21.7 Å². The smallest absolute Gasteiger partial charge is 0.252 e. The average Bonchev–Trinajstić information content (AvgIpc) is 3.12. The molecule has 1 atom stereocenters. The molecule has 3 rings (SSSR count). The molecule has 0 aromatic carbocycles. The van der Waals surface area contributed by atoms with Crippen molar-refractivity contribution in [2.45, 2.75) is 68.0 Å². The molecule has 25 heavy (non-hydrogen) atoms. The van der Waals surface area contributed by atoms with Crippen LogP contribution in [0.5, 0.6) is 0 Å². The molecule has 0 bridgehead atoms. The highest BCUT2D eigenvalue weighted by atomic mass is 32.2. The molecule has 140 valence electrons. The van der Waals surface area contributed by atoms with Gasteiger partial charge in [0.05, 0.1) is 5.92 Å². The van der Waals surface area contributed by atoms with Gasteiger partial charge >= 0.3 is 0 Å². The highest BCUT2D eigenvalue weighted by Crippen LogP contribution is 2.27. The van der Waals surface area contributed by atoms with E-state index in [1.165, 1.54) is 47.7 Å². The van der Waals surface area contributed by atoms with Crippen molar-refractivity contribution in [2.75, 3.05) is 13.1 Å². The number of nitrogens with one attached hydrogen (secondary N) is 1. The van der Waals surface area contributed by atoms with Crippen LogP contribution in [0.2, 0.25) is 0 Å². The Hall–Kier alpha value is -0.920. The van der Waals surface area contributed by atoms with Crippen LogP contribution in [0.1, 0.15) is 57.8 Å². The van der Waals surface area contributed by atoms with Crippen LogP contribution in [-0.4, -0.2) is 37.8 Å². The summed E-state index contributed by atoms with van der Waals surface area (Å²) in [7, 11) is -3.46. The summed E-state index contributed by atoms with van der Waals surface area (Å²) in [6.07, 6.45) is 9.78. The van der Waals surface area contributed by atoms with Crippen molar-refractivity contribution >= 4 is 27.3 Å². The van der Waals surface area contributed by atoms with E-state index in [2.05, 4.69) is 5.32 Å². The molecular weight excluding hydrogens is 356 g/mol. The van der Waals surface area contributed by atoms with Crippen LogP contribution >= 0.6 is 11.3 Å². The first kappa shape index (κ1) is 18.9. The second-order valence-electron chi connectivity index (χ2n) is 7.18. The number of sulfonamides is 1. The zero-order valence-corrected chi connectivity index (χ0v) is 16.3. The average molecular weight is 385 g/mol. The number of amides is 1. The molecule has 1 aliphatic carbocycles. The summed E-state index contributed by atoms with van der Waals surface area (Å²) < 4.78 is 27.2. The fourth-order valence-corrected chi connectivity index (χ4v) is 6.50. The number of piperidine rings is 1. The minimum absolute atomic E-state index is 0.0386. The molecule has 1 amide bonds. The molecule has 2 aliphatic rings. The topological polar surface area (TPSA) is 66.5 Å². The second kappa shape index (κ2) is 8.64. The predicted octanol–water partition coefficient (Wildman–Crippen LogP) is 3.38. The number of carbonyl (C=O) groups excluding carboxylic acids is 1. The van der Waals surface area contributed by atoms with Crippen LogP contribution in [-0.2, 0) is 14.8 Å². The third-order valence-electron chi connectivity index (χ3n) is 5.30. The van der Waals surface area contributed by atoms with Crippen LogP contribution in [0.25, 0.3) is 0 Å². The summed E-state index contributed by atoms with van der Waals surface area (Å²) >= 11 is 1.24. The first-order chi connectivity index (χ1) is 12.1. The SMILES string of the molecule is O=C(NC1CCCCCCC1)[C@H]1CCCN(S(=O)(=O)c2cccs2)C1. The Balaban J connectivity index is 1.59. The maximum atomic E-state index is 12.7. The molecule has 1 aliphatic heterocycles. The molecule has 0 radical (unpaired) electrons. The number of thiophene rings is 1. The van der Waals surface area contributed by atoms with E-state index in [0.29, 0.717) is 17.3 Å². The molecule has 1 aromatic rings. The standard InChI is InChI=1S/C18H28N2O3S2/c21-18(19-16-9-4-2-1-3-5-10-16)15-8-6-12-20(14-15)25(22,23)17-11-7-13-24-17/h7,11,13,15-16H,1-6,8-10,12,14H2,(H,19,21)/t15-/m0/s1. The summed E-state index contributed by atoms with van der Waals surface area (Å²) in [6.45, 7) is 0.812. The van der Waals surface area contributed by atoms with Crippen LogP contribution in [0.4, 0.5) is 0 Å². The van der Waals surface area contributed by atoms with Crippen LogP contribution in [0, 0.1) is 5.92 Å². The molecule has 0 unspecified atom stereocenters. The van der Waals surface area contributed by atoms with Crippen molar-refractivity contribution in [2.24, 2.45) is 5.92 Å². The lowest BCUT2D eigenvalue weighted by atomic mass is 9.94. The third kappa shape index (κ3) is 4.83. The van der Waals surface area contributed by atoms with E-state index < -0.39 is 10.0 Å². The molecular formula is C18H28N2O3S2. The number of carbonyl (C=O) groups is 1. The quantitative estimate of drug-likeness (QED) is 0.865. The van der Waals surface area contributed by atoms with E-state index in [1.807, 2.05) is 0 Å². The van der Waals surface area contributed by atoms with Crippen molar-refractivity contribution in [1.82, 2.24) is 9.62 Å². The number of hydrogen-bond acceptors (Lipinski definition) is 4. The van der Waals surface area contributed by atoms with Crippen molar-refractivity contribution in [3.63, 3.8) is 0 Å². The first-order valence-corrected chi connectivity index (χ1v) is 11.7. The van der Waals surface area contributed by atoms with Crippen molar-refractivity contribution in [3.8, 4) is 0 Å². The Morgan fingerprint density at radius 2 is 1.80 bits per heavy atom. The number of nitrogens with zero attached hydrogens (tertiary/aromatic N) is 1. The highest BCUT2D eigenvalue weighted by Gasteiger charge is 2.34. The molecule has 2 fully saturated rings. The highest BCUT2D eigenvalue weighted by molar-refractivity contribution is 7.91. The summed E-state index contributed by atoms with van der Waals surface area (Å²) in [4.78, 5) is 12.7. The van der Waals surface area contributed by atoms with Gasteiger partial charge in [0.15, 0.2) is 0 Å². The van der Waals surface area contributed by atoms with Gasteiger partial charge in [0.25, 0.3) is 10.0 Å². The molecule has 1 N–H and O–H groups in total. The molecule has 0 spiro atoms. The van der Waals surface area contributed by atoms with Gasteiger partial charge in [-0.3, -0.25) is 4.79 Å². The fourth-order valence-electron chi connectivity index (χ4n) is 3.83. The van der Waals surface area contributed by atoms with Gasteiger partial charge in [0, 0.05) is 19.1 Å². The maximum absolute atomic E-state index is 12.7. The lowest BCUT2D eigenvalue weighted by Crippen LogP contribution is -2.47. The van der Waals surface area contributed by atoms with Gasteiger partial charge in [-0.05, 0) is 37.1 Å². The van der Waals surface area contributed by atoms with E-state index >= 15 is 0 Å². The van der Waals surface area contributed by atoms with Crippen molar-refractivity contribution in [3.05, 3.63) is 17.5 Å². The molecule has 5 nitrogen and oxygen atoms in total. The van der Waals surface area contributed by atoms with Gasteiger partial charge < -0.3 is 5.32 Å². The van der Waals surface area contributed by atoms with Gasteiger partial charge in [-0.15, -0.1) is 11.3 Å². The third-order valence-corrected chi connectivity index (χ3v) is 8.53. The minimum Gasteiger partial charge on any atom is -0.353 e. The predicted molar refractivity (Wildman–Crippen MR) is 100 cm³/mol. The first-order valence-electron chi connectivity index (χ1n) is 9.41. The Labute approximate surface area is 154 Å². The fraction of sp³-hybridized carbons (Fsp3) is 0.722. The summed E-state index contributed by atoms with van der Waals surface area (Å²) in [5.74, 6) is -0.189. The Bertz CT molecular complexity index is 650. The van der Waals surface area contributed by atoms with Gasteiger partial charge in [0.2, 0.25) is 5.91 Å². The monoisotopic (exact) mass is 384 g/mol. The van der Waals surface area contributed by atoms with Crippen molar-refractivity contribution in [1.29, 1.82) is 0 Å². The van der Waals surface area contributed by atoms with Crippen LogP contribution < -0.4 is 5.32 Å². The summed E-state index contributed by atoms with van der Waals surface area (Å²) in [6, 6.07) is 3.65. The van der Waals surface area contributed by atoms with E-state index in [0.717, 1.165) is 25.7 Å². The van der Waals surface area contributed by atoms with Gasteiger partial charge in [-0.1, -0.05) is 38.2 Å².